The zero-order valence-corrected chi connectivity index (χ0v) is 13.2. The van der Waals surface area contributed by atoms with E-state index in [-0.39, 0.29) is 18.3 Å². The molecule has 1 amide bonds. The predicted octanol–water partition coefficient (Wildman–Crippen LogP) is 2.63. The van der Waals surface area contributed by atoms with Crippen molar-refractivity contribution in [1.82, 2.24) is 19.7 Å². The maximum Gasteiger partial charge on any atom is 0.243 e. The molecule has 0 saturated heterocycles. The number of hydrogen-bond acceptors (Lipinski definition) is 3. The Kier molecular flexibility index (Phi) is 3.82. The Balaban J connectivity index is 2.03. The zero-order chi connectivity index (χ0) is 16.6. The summed E-state index contributed by atoms with van der Waals surface area (Å²) in [6.07, 6.45) is 3.37. The number of aryl methyl sites for hydroxylation is 1. The molecule has 23 heavy (non-hydrogen) atoms. The minimum atomic E-state index is -0.232. The highest BCUT2D eigenvalue weighted by Crippen LogP contribution is 2.24. The summed E-state index contributed by atoms with van der Waals surface area (Å²) in [6.45, 7) is 1.88. The smallest absolute Gasteiger partial charge is 0.243 e. The number of nitrogens with zero attached hydrogens (tertiary/aromatic N) is 4. The molecule has 0 saturated carbocycles. The first-order valence-electron chi connectivity index (χ1n) is 7.24. The van der Waals surface area contributed by atoms with E-state index in [9.17, 15) is 9.18 Å². The van der Waals surface area contributed by atoms with Crippen LogP contribution in [0.25, 0.3) is 22.2 Å². The predicted molar refractivity (Wildman–Crippen MR) is 86.4 cm³/mol. The first kappa shape index (κ1) is 15.1. The molecule has 0 N–H and O–H groups in total. The molecule has 0 unspecified atom stereocenters. The third kappa shape index (κ3) is 2.92. The molecule has 2 heterocycles. The number of benzene rings is 1. The summed E-state index contributed by atoms with van der Waals surface area (Å²) in [5.41, 5.74) is 3.82. The van der Waals surface area contributed by atoms with Crippen LogP contribution in [-0.4, -0.2) is 39.7 Å². The third-order valence-electron chi connectivity index (χ3n) is 3.77. The minimum Gasteiger partial charge on any atom is -0.347 e. The Labute approximate surface area is 133 Å². The summed E-state index contributed by atoms with van der Waals surface area (Å²) in [4.78, 5) is 17.8. The molecule has 6 heteroatoms. The van der Waals surface area contributed by atoms with Gasteiger partial charge in [0.25, 0.3) is 0 Å². The zero-order valence-electron chi connectivity index (χ0n) is 13.2. The van der Waals surface area contributed by atoms with Crippen LogP contribution >= 0.6 is 0 Å². The molecule has 5 nitrogen and oxygen atoms in total. The van der Waals surface area contributed by atoms with E-state index in [1.165, 1.54) is 11.0 Å². The van der Waals surface area contributed by atoms with E-state index in [4.69, 9.17) is 0 Å². The highest BCUT2D eigenvalue weighted by atomic mass is 19.1. The maximum atomic E-state index is 13.4. The van der Waals surface area contributed by atoms with E-state index < -0.39 is 0 Å². The van der Waals surface area contributed by atoms with E-state index in [0.29, 0.717) is 5.56 Å². The lowest BCUT2D eigenvalue weighted by atomic mass is 10.0. The fourth-order valence-corrected chi connectivity index (χ4v) is 2.33. The average molecular weight is 312 g/mol. The van der Waals surface area contributed by atoms with E-state index in [1.54, 1.807) is 50.2 Å². The number of amides is 1. The molecule has 2 aromatic heterocycles. The van der Waals surface area contributed by atoms with Gasteiger partial charge >= 0.3 is 0 Å². The molecule has 0 aliphatic rings. The SMILES string of the molecule is Cc1cc(-c2cnc3cnn(CC(=O)N(C)C)c3c2)ccc1F. The van der Waals surface area contributed by atoms with Crippen molar-refractivity contribution in [3.05, 3.63) is 48.0 Å². The lowest BCUT2D eigenvalue weighted by molar-refractivity contribution is -0.129. The van der Waals surface area contributed by atoms with Gasteiger partial charge in [-0.1, -0.05) is 6.07 Å². The topological polar surface area (TPSA) is 51.0 Å². The van der Waals surface area contributed by atoms with Gasteiger partial charge in [0.2, 0.25) is 5.91 Å². The molecule has 3 rings (SSSR count). The monoisotopic (exact) mass is 312 g/mol. The standard InChI is InChI=1S/C17H17FN4O/c1-11-6-12(4-5-14(11)18)13-7-16-15(19-8-13)9-20-22(16)10-17(23)21(2)3/h4-9H,10H2,1-3H3. The number of pyridine rings is 1. The van der Waals surface area contributed by atoms with Crippen molar-refractivity contribution in [2.24, 2.45) is 0 Å². The van der Waals surface area contributed by atoms with Crippen LogP contribution in [0.4, 0.5) is 4.39 Å². The molecule has 0 aliphatic heterocycles. The van der Waals surface area contributed by atoms with Crippen molar-refractivity contribution in [3.8, 4) is 11.1 Å². The second-order valence-electron chi connectivity index (χ2n) is 5.68. The molecular weight excluding hydrogens is 295 g/mol. The lowest BCUT2D eigenvalue weighted by Crippen LogP contribution is -2.26. The largest absolute Gasteiger partial charge is 0.347 e. The normalized spacial score (nSPS) is 11.0. The average Bonchev–Trinajstić information content (AvgIpc) is 2.92. The molecular formula is C17H17FN4O. The van der Waals surface area contributed by atoms with Gasteiger partial charge in [-0.15, -0.1) is 0 Å². The minimum absolute atomic E-state index is 0.0435. The van der Waals surface area contributed by atoms with Gasteiger partial charge in [0.05, 0.1) is 11.7 Å². The van der Waals surface area contributed by atoms with Gasteiger partial charge in [0.15, 0.2) is 0 Å². The van der Waals surface area contributed by atoms with Crippen LogP contribution in [0.1, 0.15) is 5.56 Å². The van der Waals surface area contributed by atoms with Crippen LogP contribution in [-0.2, 0) is 11.3 Å². The summed E-state index contributed by atoms with van der Waals surface area (Å²) in [6, 6.07) is 6.87. The third-order valence-corrected chi connectivity index (χ3v) is 3.77. The van der Waals surface area contributed by atoms with Crippen molar-refractivity contribution < 1.29 is 9.18 Å². The van der Waals surface area contributed by atoms with Gasteiger partial charge in [0.1, 0.15) is 17.9 Å². The van der Waals surface area contributed by atoms with E-state index in [2.05, 4.69) is 10.1 Å². The lowest BCUT2D eigenvalue weighted by Gasteiger charge is -2.11. The van der Waals surface area contributed by atoms with Crippen LogP contribution in [0, 0.1) is 12.7 Å². The van der Waals surface area contributed by atoms with Crippen LogP contribution in [0.2, 0.25) is 0 Å². The van der Waals surface area contributed by atoms with Crippen molar-refractivity contribution in [2.75, 3.05) is 14.1 Å². The van der Waals surface area contributed by atoms with Gasteiger partial charge in [-0.3, -0.25) is 14.5 Å². The number of rotatable bonds is 3. The molecule has 0 bridgehead atoms. The number of halogens is 1. The quantitative estimate of drug-likeness (QED) is 0.747. The van der Waals surface area contributed by atoms with Crippen molar-refractivity contribution in [3.63, 3.8) is 0 Å². The first-order chi connectivity index (χ1) is 11.0. The van der Waals surface area contributed by atoms with Gasteiger partial charge in [-0.05, 0) is 36.2 Å². The van der Waals surface area contributed by atoms with Crippen LogP contribution < -0.4 is 0 Å². The molecule has 3 aromatic rings. The summed E-state index contributed by atoms with van der Waals surface area (Å²) in [5.74, 6) is -0.276. The number of likely N-dealkylation sites (N-methyl/N-ethyl adjacent to an activating group) is 1. The van der Waals surface area contributed by atoms with E-state index in [1.807, 2.05) is 6.07 Å². The van der Waals surface area contributed by atoms with Gasteiger partial charge in [0, 0.05) is 25.9 Å². The maximum absolute atomic E-state index is 13.4. The molecule has 0 atom stereocenters. The number of carbonyl (C=O) groups excluding carboxylic acids is 1. The summed E-state index contributed by atoms with van der Waals surface area (Å²) in [7, 11) is 3.41. The Morgan fingerprint density at radius 2 is 2.00 bits per heavy atom. The molecule has 0 fully saturated rings. The Bertz CT molecular complexity index is 885. The highest BCUT2D eigenvalue weighted by Gasteiger charge is 2.11. The highest BCUT2D eigenvalue weighted by molar-refractivity contribution is 5.83. The Hall–Kier alpha value is -2.76. The van der Waals surface area contributed by atoms with Crippen molar-refractivity contribution in [2.45, 2.75) is 13.5 Å². The fourth-order valence-electron chi connectivity index (χ4n) is 2.33. The van der Waals surface area contributed by atoms with E-state index in [0.717, 1.165) is 22.2 Å². The first-order valence-corrected chi connectivity index (χ1v) is 7.24. The Morgan fingerprint density at radius 3 is 2.70 bits per heavy atom. The number of hydrogen-bond donors (Lipinski definition) is 0. The summed E-state index contributed by atoms with van der Waals surface area (Å²) in [5, 5.41) is 4.23. The molecule has 0 aliphatic carbocycles. The van der Waals surface area contributed by atoms with Crippen LogP contribution in [0.5, 0.6) is 0 Å². The molecule has 118 valence electrons. The number of fused-ring (bicyclic) bond motifs is 1. The van der Waals surface area contributed by atoms with Crippen molar-refractivity contribution >= 4 is 16.9 Å². The molecule has 0 radical (unpaired) electrons. The second-order valence-corrected chi connectivity index (χ2v) is 5.68. The van der Waals surface area contributed by atoms with Crippen LogP contribution in [0.15, 0.2) is 36.7 Å². The number of carbonyl (C=O) groups is 1. The van der Waals surface area contributed by atoms with E-state index >= 15 is 0 Å². The van der Waals surface area contributed by atoms with Crippen molar-refractivity contribution in [1.29, 1.82) is 0 Å². The fraction of sp³-hybridized carbons (Fsp3) is 0.235. The molecule has 0 spiro atoms. The second kappa shape index (κ2) is 5.79. The number of aromatic nitrogens is 3. The molecule has 1 aromatic carbocycles. The van der Waals surface area contributed by atoms with Crippen LogP contribution in [0.3, 0.4) is 0 Å². The van der Waals surface area contributed by atoms with Gasteiger partial charge in [-0.25, -0.2) is 4.39 Å². The van der Waals surface area contributed by atoms with Gasteiger partial charge in [-0.2, -0.15) is 5.10 Å². The Morgan fingerprint density at radius 1 is 1.22 bits per heavy atom. The van der Waals surface area contributed by atoms with Gasteiger partial charge < -0.3 is 4.90 Å². The summed E-state index contributed by atoms with van der Waals surface area (Å²) < 4.78 is 15.1. The summed E-state index contributed by atoms with van der Waals surface area (Å²) >= 11 is 0.